The molecule has 6 nitrogen and oxygen atoms in total. The van der Waals surface area contributed by atoms with Crippen molar-refractivity contribution in [2.24, 2.45) is 17.8 Å². The van der Waals surface area contributed by atoms with Crippen LogP contribution in [-0.4, -0.2) is 41.7 Å². The van der Waals surface area contributed by atoms with Gasteiger partial charge in [-0.25, -0.2) is 9.59 Å². The van der Waals surface area contributed by atoms with Gasteiger partial charge in [0, 0.05) is 5.92 Å². The Morgan fingerprint density at radius 2 is 1.52 bits per heavy atom. The number of benzene rings is 1. The van der Waals surface area contributed by atoms with E-state index in [9.17, 15) is 45.8 Å². The summed E-state index contributed by atoms with van der Waals surface area (Å²) in [4.78, 5) is 35.1. The third kappa shape index (κ3) is 2.94. The Labute approximate surface area is 170 Å². The number of aliphatic hydroxyl groups excluding tert-OH is 1. The summed E-state index contributed by atoms with van der Waals surface area (Å²) in [5.74, 6) is -7.69. The summed E-state index contributed by atoms with van der Waals surface area (Å²) in [6.07, 6.45) is -15.2. The van der Waals surface area contributed by atoms with Crippen molar-refractivity contribution in [1.82, 2.24) is 0 Å². The Morgan fingerprint density at radius 1 is 0.903 bits per heavy atom. The lowest BCUT2D eigenvalue weighted by atomic mass is 9.60. The zero-order chi connectivity index (χ0) is 22.9. The molecule has 168 valence electrons. The van der Waals surface area contributed by atoms with Crippen molar-refractivity contribution in [3.8, 4) is 0 Å². The fourth-order valence-electron chi connectivity index (χ4n) is 5.02. The topological polar surface area (TPSA) is 89.9 Å². The summed E-state index contributed by atoms with van der Waals surface area (Å²) >= 11 is 0. The Morgan fingerprint density at radius 3 is 2.13 bits per heavy atom. The highest BCUT2D eigenvalue weighted by atomic mass is 19.4. The van der Waals surface area contributed by atoms with Crippen molar-refractivity contribution in [1.29, 1.82) is 0 Å². The van der Waals surface area contributed by atoms with E-state index in [4.69, 9.17) is 0 Å². The third-order valence-electron chi connectivity index (χ3n) is 6.41. The monoisotopic (exact) mass is 452 g/mol. The average Bonchev–Trinajstić information content (AvgIpc) is 3.09. The van der Waals surface area contributed by atoms with E-state index in [0.29, 0.717) is 18.2 Å². The van der Waals surface area contributed by atoms with Crippen LogP contribution in [0.1, 0.15) is 45.5 Å². The molecule has 2 aliphatic heterocycles. The van der Waals surface area contributed by atoms with Crippen LogP contribution in [0.4, 0.5) is 26.3 Å². The quantitative estimate of drug-likeness (QED) is 0.421. The smallest absolute Gasteiger partial charge is 0.407 e. The first-order valence-electron chi connectivity index (χ1n) is 9.22. The second-order valence-electron chi connectivity index (χ2n) is 7.85. The van der Waals surface area contributed by atoms with Gasteiger partial charge in [-0.3, -0.25) is 4.79 Å². The molecular weight excluding hydrogens is 438 g/mol. The fraction of sp³-hybridized carbons (Fsp3) is 0.526. The standard InChI is InChI=1S/C19H14F6O6/c20-18(21,22)17(19(23,24)25,7-1-3-9-11(5-7)15(28)30-13(9)26)8-2-4-10-12(6-8)16(29)31-14(10)27/h1,3,5,8,10,12,16,29H,2,4,6H2. The van der Waals surface area contributed by atoms with Gasteiger partial charge in [-0.2, -0.15) is 26.3 Å². The number of aliphatic hydroxyl groups is 1. The number of carbonyl (C=O) groups is 3. The molecule has 0 radical (unpaired) electrons. The molecule has 2 heterocycles. The molecule has 4 unspecified atom stereocenters. The summed E-state index contributed by atoms with van der Waals surface area (Å²) in [7, 11) is 0. The molecule has 4 atom stereocenters. The van der Waals surface area contributed by atoms with Crippen molar-refractivity contribution in [3.05, 3.63) is 34.9 Å². The number of rotatable bonds is 2. The van der Waals surface area contributed by atoms with Crippen molar-refractivity contribution in [3.63, 3.8) is 0 Å². The maximum atomic E-state index is 14.3. The van der Waals surface area contributed by atoms with Crippen LogP contribution >= 0.6 is 0 Å². The van der Waals surface area contributed by atoms with Crippen LogP contribution in [-0.2, 0) is 19.7 Å². The van der Waals surface area contributed by atoms with Gasteiger partial charge < -0.3 is 14.6 Å². The predicted octanol–water partition coefficient (Wildman–Crippen LogP) is 3.27. The van der Waals surface area contributed by atoms with E-state index in [1.807, 2.05) is 0 Å². The minimum Gasteiger partial charge on any atom is -0.435 e. The van der Waals surface area contributed by atoms with Crippen molar-refractivity contribution < 1.29 is 55.3 Å². The van der Waals surface area contributed by atoms with E-state index in [1.165, 1.54) is 0 Å². The van der Waals surface area contributed by atoms with E-state index in [-0.39, 0.29) is 6.42 Å². The minimum absolute atomic E-state index is 0.329. The maximum Gasteiger partial charge on any atom is 0.407 e. The summed E-state index contributed by atoms with van der Waals surface area (Å²) in [5.41, 5.74) is -6.78. The molecule has 0 bridgehead atoms. The second-order valence-corrected chi connectivity index (χ2v) is 7.85. The first-order chi connectivity index (χ1) is 14.3. The van der Waals surface area contributed by atoms with Gasteiger partial charge in [0.25, 0.3) is 0 Å². The molecular formula is C19H14F6O6. The molecule has 0 spiro atoms. The molecule has 1 aromatic rings. The van der Waals surface area contributed by atoms with E-state index in [2.05, 4.69) is 9.47 Å². The highest BCUT2D eigenvalue weighted by molar-refractivity contribution is 6.14. The maximum absolute atomic E-state index is 14.3. The lowest BCUT2D eigenvalue weighted by Gasteiger charge is -2.46. The molecule has 1 aromatic carbocycles. The number of fused-ring (bicyclic) bond motifs is 2. The van der Waals surface area contributed by atoms with E-state index < -0.39 is 89.3 Å². The zero-order valence-corrected chi connectivity index (χ0v) is 15.4. The molecule has 3 aliphatic rings. The van der Waals surface area contributed by atoms with E-state index in [0.717, 1.165) is 0 Å². The predicted molar refractivity (Wildman–Crippen MR) is 86.4 cm³/mol. The van der Waals surface area contributed by atoms with Gasteiger partial charge >= 0.3 is 30.3 Å². The number of cyclic esters (lactones) is 3. The number of esters is 3. The van der Waals surface area contributed by atoms with E-state index in [1.54, 1.807) is 0 Å². The van der Waals surface area contributed by atoms with Crippen molar-refractivity contribution in [2.75, 3.05) is 0 Å². The number of carbonyl (C=O) groups excluding carboxylic acids is 3. The number of ether oxygens (including phenoxy) is 2. The van der Waals surface area contributed by atoms with Gasteiger partial charge in [0.2, 0.25) is 6.29 Å². The summed E-state index contributed by atoms with van der Waals surface area (Å²) in [6.45, 7) is 0. The third-order valence-corrected chi connectivity index (χ3v) is 6.41. The van der Waals surface area contributed by atoms with Gasteiger partial charge in [-0.05, 0) is 42.9 Å². The summed E-state index contributed by atoms with van der Waals surface area (Å²) < 4.78 is 94.8. The summed E-state index contributed by atoms with van der Waals surface area (Å²) in [6, 6.07) is 1.60. The normalized spacial score (nSPS) is 28.8. The van der Waals surface area contributed by atoms with Crippen LogP contribution in [0.2, 0.25) is 0 Å². The van der Waals surface area contributed by atoms with Crippen LogP contribution in [0.3, 0.4) is 0 Å². The zero-order valence-electron chi connectivity index (χ0n) is 15.4. The van der Waals surface area contributed by atoms with Crippen molar-refractivity contribution in [2.45, 2.75) is 43.3 Å². The van der Waals surface area contributed by atoms with Gasteiger partial charge in [0.1, 0.15) is 0 Å². The molecule has 4 rings (SSSR count). The van der Waals surface area contributed by atoms with Crippen LogP contribution in [0.5, 0.6) is 0 Å². The molecule has 1 saturated carbocycles. The van der Waals surface area contributed by atoms with E-state index >= 15 is 0 Å². The molecule has 1 N–H and O–H groups in total. The Bertz CT molecular complexity index is 954. The van der Waals surface area contributed by atoms with Crippen LogP contribution in [0.15, 0.2) is 18.2 Å². The number of hydrogen-bond donors (Lipinski definition) is 1. The largest absolute Gasteiger partial charge is 0.435 e. The minimum atomic E-state index is -5.85. The van der Waals surface area contributed by atoms with Crippen LogP contribution in [0, 0.1) is 17.8 Å². The lowest BCUT2D eigenvalue weighted by molar-refractivity contribution is -0.323. The lowest BCUT2D eigenvalue weighted by Crippen LogP contribution is -2.60. The molecule has 1 saturated heterocycles. The van der Waals surface area contributed by atoms with Crippen LogP contribution in [0.25, 0.3) is 0 Å². The first-order valence-corrected chi connectivity index (χ1v) is 9.22. The second kappa shape index (κ2) is 6.68. The Balaban J connectivity index is 1.88. The molecule has 12 heteroatoms. The molecule has 0 amide bonds. The number of hydrogen-bond acceptors (Lipinski definition) is 6. The van der Waals surface area contributed by atoms with Crippen molar-refractivity contribution >= 4 is 17.9 Å². The average molecular weight is 452 g/mol. The van der Waals surface area contributed by atoms with Gasteiger partial charge in [0.05, 0.1) is 17.0 Å². The van der Waals surface area contributed by atoms with Gasteiger partial charge in [-0.1, -0.05) is 6.07 Å². The molecule has 2 fully saturated rings. The molecule has 1 aliphatic carbocycles. The van der Waals surface area contributed by atoms with Gasteiger partial charge in [0.15, 0.2) is 5.41 Å². The fourth-order valence-corrected chi connectivity index (χ4v) is 5.02. The molecule has 0 aromatic heterocycles. The van der Waals surface area contributed by atoms with Crippen LogP contribution < -0.4 is 0 Å². The molecule has 31 heavy (non-hydrogen) atoms. The number of alkyl halides is 6. The summed E-state index contributed by atoms with van der Waals surface area (Å²) in [5, 5.41) is 9.84. The number of halogens is 6. The highest BCUT2D eigenvalue weighted by Gasteiger charge is 2.75. The highest BCUT2D eigenvalue weighted by Crippen LogP contribution is 2.61. The Hall–Kier alpha value is -2.63. The van der Waals surface area contributed by atoms with Gasteiger partial charge in [-0.15, -0.1) is 0 Å². The Kier molecular flexibility index (Phi) is 4.65. The SMILES string of the molecule is O=C1OC(=O)c2cc(C(C3CCC4C(=O)OC(O)C4C3)(C(F)(F)F)C(F)(F)F)ccc21. The first kappa shape index (κ1) is 21.6.